The largest absolute Gasteiger partial charge is 0.463 e. The van der Waals surface area contributed by atoms with Crippen molar-refractivity contribution in [2.75, 3.05) is 11.9 Å². The predicted octanol–water partition coefficient (Wildman–Crippen LogP) is 2.32. The number of hydrogen-bond donors (Lipinski definition) is 1. The lowest BCUT2D eigenvalue weighted by molar-refractivity contribution is -0.155. The highest BCUT2D eigenvalue weighted by molar-refractivity contribution is 6.46. The summed E-state index contributed by atoms with van der Waals surface area (Å²) in [7, 11) is 0. The highest BCUT2D eigenvalue weighted by Crippen LogP contribution is 2.18. The highest BCUT2D eigenvalue weighted by Gasteiger charge is 2.33. The number of anilines is 1. The number of carbonyl (C=O) groups excluding carboxylic acids is 3. The second-order valence-electron chi connectivity index (χ2n) is 5.45. The number of benzene rings is 1. The molecule has 2 rings (SSSR count). The number of unbranched alkanes of at least 4 members (excludes halogenated alkanes) is 1. The molecule has 7 nitrogen and oxygen atoms in total. The Balaban J connectivity index is 1.96. The van der Waals surface area contributed by atoms with E-state index in [2.05, 4.69) is 10.5 Å². The molecule has 0 spiro atoms. The maximum Gasteiger partial charge on any atom is 0.350 e. The number of carbonyl (C=O) groups is 3. The number of nitrogens with zero attached hydrogens (tertiary/aromatic N) is 1. The molecule has 128 valence electrons. The van der Waals surface area contributed by atoms with Crippen molar-refractivity contribution in [1.82, 2.24) is 0 Å². The molecule has 1 N–H and O–H groups in total. The Kier molecular flexibility index (Phi) is 6.06. The second kappa shape index (κ2) is 8.24. The molecule has 0 radical (unpaired) electrons. The number of rotatable bonds is 7. The molecule has 1 aliphatic heterocycles. The minimum atomic E-state index is -0.876. The molecule has 1 heterocycles. The monoisotopic (exact) mass is 332 g/mol. The molecule has 0 aromatic heterocycles. The van der Waals surface area contributed by atoms with Crippen LogP contribution < -0.4 is 5.32 Å². The van der Waals surface area contributed by atoms with E-state index in [1.165, 1.54) is 6.92 Å². The van der Waals surface area contributed by atoms with Gasteiger partial charge in [0.2, 0.25) is 17.8 Å². The molecule has 7 heteroatoms. The molecule has 1 aliphatic rings. The number of Topliss-reactive ketones (excluding diaryl/α,β-unsaturated/α-hetero) is 1. The number of ketones is 1. The van der Waals surface area contributed by atoms with Crippen molar-refractivity contribution >= 4 is 29.1 Å². The summed E-state index contributed by atoms with van der Waals surface area (Å²) >= 11 is 0. The van der Waals surface area contributed by atoms with Crippen molar-refractivity contribution in [2.24, 2.45) is 5.16 Å². The molecule has 1 aromatic rings. The minimum absolute atomic E-state index is 0.0775. The van der Waals surface area contributed by atoms with Gasteiger partial charge in [0.15, 0.2) is 0 Å². The molecule has 0 saturated carbocycles. The first-order valence-corrected chi connectivity index (χ1v) is 7.83. The third-order valence-corrected chi connectivity index (χ3v) is 3.38. The number of nitrogens with one attached hydrogen (secondary N) is 1. The first kappa shape index (κ1) is 17.7. The lowest BCUT2D eigenvalue weighted by atomic mass is 10.0. The van der Waals surface area contributed by atoms with E-state index in [0.717, 1.165) is 12.8 Å². The number of ether oxygens (including phenoxy) is 1. The fourth-order valence-corrected chi connectivity index (χ4v) is 2.16. The van der Waals surface area contributed by atoms with Crippen molar-refractivity contribution in [3.8, 4) is 0 Å². The van der Waals surface area contributed by atoms with Gasteiger partial charge in [0.1, 0.15) is 5.71 Å². The predicted molar refractivity (Wildman–Crippen MR) is 87.9 cm³/mol. The lowest BCUT2D eigenvalue weighted by Crippen LogP contribution is -2.25. The topological polar surface area (TPSA) is 94.1 Å². The lowest BCUT2D eigenvalue weighted by Gasteiger charge is -2.08. The van der Waals surface area contributed by atoms with E-state index in [4.69, 9.17) is 9.57 Å². The van der Waals surface area contributed by atoms with E-state index in [0.29, 0.717) is 17.9 Å². The van der Waals surface area contributed by atoms with Gasteiger partial charge in [-0.3, -0.25) is 9.59 Å². The summed E-state index contributed by atoms with van der Waals surface area (Å²) in [6.07, 6.45) is 0.901. The van der Waals surface area contributed by atoms with Crippen LogP contribution in [0.25, 0.3) is 0 Å². The molecular weight excluding hydrogens is 312 g/mol. The number of esters is 1. The maximum atomic E-state index is 12.4. The van der Waals surface area contributed by atoms with Gasteiger partial charge in [0.25, 0.3) is 0 Å². The molecule has 1 amide bonds. The quantitative estimate of drug-likeness (QED) is 0.470. The summed E-state index contributed by atoms with van der Waals surface area (Å²) in [6.45, 7) is 3.71. The summed E-state index contributed by atoms with van der Waals surface area (Å²) in [4.78, 5) is 40.4. The van der Waals surface area contributed by atoms with Crippen LogP contribution in [-0.4, -0.2) is 36.1 Å². The Labute approximate surface area is 140 Å². The summed E-state index contributed by atoms with van der Waals surface area (Å²) in [5.74, 6) is -1.08. The third kappa shape index (κ3) is 4.65. The van der Waals surface area contributed by atoms with Crippen LogP contribution in [0.3, 0.4) is 0 Å². The average molecular weight is 332 g/mol. The first-order valence-electron chi connectivity index (χ1n) is 7.83. The number of hydrogen-bond acceptors (Lipinski definition) is 6. The normalized spacial score (nSPS) is 16.1. The van der Waals surface area contributed by atoms with Crippen LogP contribution in [0.5, 0.6) is 0 Å². The third-order valence-electron chi connectivity index (χ3n) is 3.38. The minimum Gasteiger partial charge on any atom is -0.463 e. The van der Waals surface area contributed by atoms with Crippen molar-refractivity contribution in [3.63, 3.8) is 0 Å². The van der Waals surface area contributed by atoms with Gasteiger partial charge >= 0.3 is 5.97 Å². The van der Waals surface area contributed by atoms with Gasteiger partial charge in [-0.15, -0.1) is 0 Å². The van der Waals surface area contributed by atoms with Gasteiger partial charge in [0.05, 0.1) is 6.61 Å². The summed E-state index contributed by atoms with van der Waals surface area (Å²) in [6, 6.07) is 6.51. The molecule has 0 bridgehead atoms. The fraction of sp³-hybridized carbons (Fsp3) is 0.412. The van der Waals surface area contributed by atoms with Gasteiger partial charge in [-0.25, -0.2) is 4.79 Å². The first-order chi connectivity index (χ1) is 11.5. The average Bonchev–Trinajstić information content (AvgIpc) is 3.04. The molecule has 0 saturated heterocycles. The van der Waals surface area contributed by atoms with E-state index >= 15 is 0 Å². The van der Waals surface area contributed by atoms with E-state index < -0.39 is 12.1 Å². The Morgan fingerprint density at radius 3 is 2.88 bits per heavy atom. The van der Waals surface area contributed by atoms with Crippen LogP contribution in [0, 0.1) is 0 Å². The summed E-state index contributed by atoms with van der Waals surface area (Å²) in [5, 5.41) is 6.32. The summed E-state index contributed by atoms with van der Waals surface area (Å²) in [5.41, 5.74) is 1.04. The molecular formula is C17H20N2O5. The zero-order valence-electron chi connectivity index (χ0n) is 13.7. The van der Waals surface area contributed by atoms with Gasteiger partial charge in [-0.1, -0.05) is 30.6 Å². The van der Waals surface area contributed by atoms with Gasteiger partial charge < -0.3 is 14.9 Å². The standard InChI is InChI=1S/C17H20N2O5/c1-3-4-8-23-17(22)15-10-14(19-24-15)16(21)12-6-5-7-13(9-12)18-11(2)20/h5-7,9,15H,3-4,8,10H2,1-2H3,(H,18,20). The second-order valence-corrected chi connectivity index (χ2v) is 5.45. The van der Waals surface area contributed by atoms with Crippen LogP contribution in [0.2, 0.25) is 0 Å². The van der Waals surface area contributed by atoms with Gasteiger partial charge in [0, 0.05) is 24.6 Å². The van der Waals surface area contributed by atoms with Crippen LogP contribution >= 0.6 is 0 Å². The van der Waals surface area contributed by atoms with Crippen molar-refractivity contribution in [2.45, 2.75) is 39.2 Å². The SMILES string of the molecule is CCCCOC(=O)C1CC(C(=O)c2cccc(NC(C)=O)c2)=NO1. The van der Waals surface area contributed by atoms with Gasteiger partial charge in [-0.2, -0.15) is 0 Å². The van der Waals surface area contributed by atoms with E-state index in [9.17, 15) is 14.4 Å². The Morgan fingerprint density at radius 1 is 1.38 bits per heavy atom. The van der Waals surface area contributed by atoms with Crippen LogP contribution in [0.15, 0.2) is 29.4 Å². The molecule has 1 atom stereocenters. The van der Waals surface area contributed by atoms with Crippen LogP contribution in [0.4, 0.5) is 5.69 Å². The van der Waals surface area contributed by atoms with Crippen molar-refractivity contribution in [3.05, 3.63) is 29.8 Å². The number of oxime groups is 1. The Bertz CT molecular complexity index is 669. The Morgan fingerprint density at radius 2 is 2.17 bits per heavy atom. The van der Waals surface area contributed by atoms with E-state index in [1.807, 2.05) is 6.92 Å². The zero-order chi connectivity index (χ0) is 17.5. The number of amides is 1. The van der Waals surface area contributed by atoms with Gasteiger partial charge in [-0.05, 0) is 18.6 Å². The van der Waals surface area contributed by atoms with Crippen LogP contribution in [0.1, 0.15) is 43.5 Å². The van der Waals surface area contributed by atoms with Crippen molar-refractivity contribution in [1.29, 1.82) is 0 Å². The van der Waals surface area contributed by atoms with Crippen LogP contribution in [-0.2, 0) is 19.2 Å². The molecule has 24 heavy (non-hydrogen) atoms. The molecule has 0 aliphatic carbocycles. The zero-order valence-corrected chi connectivity index (χ0v) is 13.7. The molecule has 1 aromatic carbocycles. The Hall–Kier alpha value is -2.70. The van der Waals surface area contributed by atoms with E-state index in [-0.39, 0.29) is 23.8 Å². The van der Waals surface area contributed by atoms with Crippen molar-refractivity contribution < 1.29 is 24.0 Å². The maximum absolute atomic E-state index is 12.4. The smallest absolute Gasteiger partial charge is 0.350 e. The molecule has 0 fully saturated rings. The highest BCUT2D eigenvalue weighted by atomic mass is 16.7. The molecule has 1 unspecified atom stereocenters. The fourth-order valence-electron chi connectivity index (χ4n) is 2.16. The van der Waals surface area contributed by atoms with E-state index in [1.54, 1.807) is 24.3 Å². The summed E-state index contributed by atoms with van der Waals surface area (Å²) < 4.78 is 5.07.